The number of carbonyl (C=O) groups is 2. The van der Waals surface area contributed by atoms with Crippen LogP contribution in [0.25, 0.3) is 0 Å². The van der Waals surface area contributed by atoms with Gasteiger partial charge in [0, 0.05) is 12.5 Å². The lowest BCUT2D eigenvalue weighted by Gasteiger charge is -2.10. The van der Waals surface area contributed by atoms with Crippen LogP contribution < -0.4 is 5.32 Å². The molecule has 0 aromatic carbocycles. The molecule has 1 unspecified atom stereocenters. The normalized spacial score (nSPS) is 17.5. The number of nitrogens with one attached hydrogen (secondary N) is 1. The molecule has 0 saturated heterocycles. The van der Waals surface area contributed by atoms with Crippen LogP contribution in [0.4, 0.5) is 0 Å². The average Bonchev–Trinajstić information content (AvgIpc) is 2.78. The molecule has 0 bridgehead atoms. The lowest BCUT2D eigenvalue weighted by Crippen LogP contribution is -2.34. The third-order valence-corrected chi connectivity index (χ3v) is 3.21. The molecule has 0 spiro atoms. The number of rotatable bonds is 10. The van der Waals surface area contributed by atoms with Crippen LogP contribution in [0.1, 0.15) is 64.7 Å². The van der Waals surface area contributed by atoms with Crippen LogP contribution in [0.5, 0.6) is 0 Å². The summed E-state index contributed by atoms with van der Waals surface area (Å²) in [6.07, 6.45) is 12.6. The minimum absolute atomic E-state index is 0.0460. The molecular weight excluding hydrogens is 242 g/mol. The molecule has 1 atom stereocenters. The van der Waals surface area contributed by atoms with Gasteiger partial charge in [-0.25, -0.2) is 4.79 Å². The molecule has 0 aromatic heterocycles. The number of esters is 1. The summed E-state index contributed by atoms with van der Waals surface area (Å²) in [6.45, 7) is 2.22. The van der Waals surface area contributed by atoms with Gasteiger partial charge in [0.2, 0.25) is 5.91 Å². The first kappa shape index (κ1) is 15.7. The fourth-order valence-electron chi connectivity index (χ4n) is 2.10. The molecule has 4 nitrogen and oxygen atoms in total. The number of unbranched alkanes of at least 4 members (excludes halogenated alkanes) is 7. The summed E-state index contributed by atoms with van der Waals surface area (Å²) in [6, 6.07) is 0. The lowest BCUT2D eigenvalue weighted by molar-refractivity contribution is -0.141. The number of ether oxygens (including phenoxy) is 1. The van der Waals surface area contributed by atoms with Crippen molar-refractivity contribution in [2.24, 2.45) is 0 Å². The van der Waals surface area contributed by atoms with E-state index in [4.69, 9.17) is 4.74 Å². The van der Waals surface area contributed by atoms with E-state index < -0.39 is 12.2 Å². The summed E-state index contributed by atoms with van der Waals surface area (Å²) in [5, 5.41) is 2.66. The Morgan fingerprint density at radius 1 is 1.16 bits per heavy atom. The van der Waals surface area contributed by atoms with Crippen molar-refractivity contribution in [3.05, 3.63) is 12.2 Å². The second-order valence-corrected chi connectivity index (χ2v) is 5.01. The van der Waals surface area contributed by atoms with Crippen LogP contribution in [0.2, 0.25) is 0 Å². The van der Waals surface area contributed by atoms with Gasteiger partial charge in [-0.3, -0.25) is 4.79 Å². The van der Waals surface area contributed by atoms with Gasteiger partial charge in [-0.1, -0.05) is 51.9 Å². The summed E-state index contributed by atoms with van der Waals surface area (Å²) >= 11 is 0. The van der Waals surface area contributed by atoms with Gasteiger partial charge in [-0.2, -0.15) is 0 Å². The fraction of sp³-hybridized carbons (Fsp3) is 0.733. The van der Waals surface area contributed by atoms with E-state index in [0.717, 1.165) is 12.8 Å². The Morgan fingerprint density at radius 3 is 2.37 bits per heavy atom. The highest BCUT2D eigenvalue weighted by atomic mass is 16.6. The second kappa shape index (κ2) is 9.59. The Hall–Kier alpha value is -1.32. The van der Waals surface area contributed by atoms with E-state index in [9.17, 15) is 9.59 Å². The molecule has 108 valence electrons. The van der Waals surface area contributed by atoms with Gasteiger partial charge in [0.15, 0.2) is 6.23 Å². The number of hydrogen-bond donors (Lipinski definition) is 1. The Labute approximate surface area is 115 Å². The van der Waals surface area contributed by atoms with Crippen molar-refractivity contribution in [3.8, 4) is 0 Å². The third-order valence-electron chi connectivity index (χ3n) is 3.21. The summed E-state index contributed by atoms with van der Waals surface area (Å²) in [5.41, 5.74) is 0. The molecule has 19 heavy (non-hydrogen) atoms. The smallest absolute Gasteiger partial charge is 0.332 e. The molecule has 1 rings (SSSR count). The third kappa shape index (κ3) is 7.65. The average molecular weight is 267 g/mol. The highest BCUT2D eigenvalue weighted by Gasteiger charge is 2.17. The van der Waals surface area contributed by atoms with E-state index in [0.29, 0.717) is 6.42 Å². The summed E-state index contributed by atoms with van der Waals surface area (Å²) in [4.78, 5) is 22.3. The quantitative estimate of drug-likeness (QED) is 0.489. The minimum atomic E-state index is -0.561. The van der Waals surface area contributed by atoms with Crippen LogP contribution in [-0.4, -0.2) is 18.1 Å². The number of amides is 1. The van der Waals surface area contributed by atoms with Crippen molar-refractivity contribution in [3.63, 3.8) is 0 Å². The molecule has 1 heterocycles. The zero-order valence-corrected chi connectivity index (χ0v) is 11.8. The Kier molecular flexibility index (Phi) is 7.94. The molecule has 1 N–H and O–H groups in total. The van der Waals surface area contributed by atoms with Gasteiger partial charge < -0.3 is 10.1 Å². The van der Waals surface area contributed by atoms with Gasteiger partial charge >= 0.3 is 5.97 Å². The van der Waals surface area contributed by atoms with Crippen LogP contribution >= 0.6 is 0 Å². The zero-order valence-electron chi connectivity index (χ0n) is 11.8. The SMILES string of the molecule is CCCCCCCCCCC(=O)NC1C=CC(=O)O1. The van der Waals surface area contributed by atoms with E-state index >= 15 is 0 Å². The van der Waals surface area contributed by atoms with Crippen molar-refractivity contribution < 1.29 is 14.3 Å². The van der Waals surface area contributed by atoms with Crippen LogP contribution in [-0.2, 0) is 14.3 Å². The van der Waals surface area contributed by atoms with Gasteiger partial charge in [0.1, 0.15) is 0 Å². The first-order chi connectivity index (χ1) is 9.22. The summed E-state index contributed by atoms with van der Waals surface area (Å²) < 4.78 is 4.83. The van der Waals surface area contributed by atoms with Gasteiger partial charge in [0.05, 0.1) is 0 Å². The maximum Gasteiger partial charge on any atom is 0.332 e. The van der Waals surface area contributed by atoms with Crippen molar-refractivity contribution in [2.45, 2.75) is 70.9 Å². The van der Waals surface area contributed by atoms with Gasteiger partial charge in [0.25, 0.3) is 0 Å². The standard InChI is InChI=1S/C15H25NO3/c1-2-3-4-5-6-7-8-9-10-13(17)16-14-11-12-15(18)19-14/h11-12,14H,2-10H2,1H3,(H,16,17). The Balaban J connectivity index is 1.90. The molecule has 1 aliphatic rings. The first-order valence-electron chi connectivity index (χ1n) is 7.40. The predicted molar refractivity (Wildman–Crippen MR) is 74.4 cm³/mol. The van der Waals surface area contributed by atoms with E-state index in [1.54, 1.807) is 6.08 Å². The highest BCUT2D eigenvalue weighted by molar-refractivity contribution is 5.85. The topological polar surface area (TPSA) is 55.4 Å². The van der Waals surface area contributed by atoms with Crippen LogP contribution in [0.3, 0.4) is 0 Å². The summed E-state index contributed by atoms with van der Waals surface area (Å²) in [5.74, 6) is -0.437. The molecule has 0 saturated carbocycles. The highest BCUT2D eigenvalue weighted by Crippen LogP contribution is 2.10. The van der Waals surface area contributed by atoms with E-state index in [2.05, 4.69) is 12.2 Å². The number of carbonyl (C=O) groups excluding carboxylic acids is 2. The van der Waals surface area contributed by atoms with Crippen LogP contribution in [0, 0.1) is 0 Å². The molecular formula is C15H25NO3. The van der Waals surface area contributed by atoms with Crippen molar-refractivity contribution in [1.29, 1.82) is 0 Å². The molecule has 0 radical (unpaired) electrons. The maximum absolute atomic E-state index is 11.5. The molecule has 0 fully saturated rings. The van der Waals surface area contributed by atoms with Crippen molar-refractivity contribution >= 4 is 11.9 Å². The van der Waals surface area contributed by atoms with E-state index in [1.807, 2.05) is 0 Å². The van der Waals surface area contributed by atoms with Gasteiger partial charge in [-0.05, 0) is 12.5 Å². The molecule has 4 heteroatoms. The minimum Gasteiger partial charge on any atom is -0.435 e. The molecule has 1 amide bonds. The monoisotopic (exact) mass is 267 g/mol. The number of cyclic esters (lactones) is 1. The van der Waals surface area contributed by atoms with Crippen molar-refractivity contribution in [1.82, 2.24) is 5.32 Å². The largest absolute Gasteiger partial charge is 0.435 e. The first-order valence-corrected chi connectivity index (χ1v) is 7.40. The van der Waals surface area contributed by atoms with E-state index in [1.165, 1.54) is 44.6 Å². The lowest BCUT2D eigenvalue weighted by atomic mass is 10.1. The van der Waals surface area contributed by atoms with Gasteiger partial charge in [-0.15, -0.1) is 0 Å². The summed E-state index contributed by atoms with van der Waals surface area (Å²) in [7, 11) is 0. The number of hydrogen-bond acceptors (Lipinski definition) is 3. The zero-order chi connectivity index (χ0) is 13.9. The van der Waals surface area contributed by atoms with E-state index in [-0.39, 0.29) is 5.91 Å². The molecule has 1 aliphatic heterocycles. The molecule has 0 aromatic rings. The molecule has 0 aliphatic carbocycles. The second-order valence-electron chi connectivity index (χ2n) is 5.01. The van der Waals surface area contributed by atoms with Crippen LogP contribution in [0.15, 0.2) is 12.2 Å². The fourth-order valence-corrected chi connectivity index (χ4v) is 2.10. The maximum atomic E-state index is 11.5. The van der Waals surface area contributed by atoms with Crippen molar-refractivity contribution in [2.75, 3.05) is 0 Å². The Morgan fingerprint density at radius 2 is 1.79 bits per heavy atom. The predicted octanol–water partition coefficient (Wildman–Crippen LogP) is 3.07. The Bertz CT molecular complexity index is 313.